The van der Waals surface area contributed by atoms with Gasteiger partial charge in [-0.05, 0) is 13.3 Å². The van der Waals surface area contributed by atoms with Crippen LogP contribution in [0.15, 0.2) is 16.9 Å². The first kappa shape index (κ1) is 13.3. The number of hydrogen-bond acceptors (Lipinski definition) is 7. The summed E-state index contributed by atoms with van der Waals surface area (Å²) < 4.78 is 5.03. The van der Waals surface area contributed by atoms with Crippen LogP contribution in [0.3, 0.4) is 0 Å². The molecule has 7 nitrogen and oxygen atoms in total. The maximum atomic E-state index is 5.03. The number of anilines is 2. The van der Waals surface area contributed by atoms with Crippen molar-refractivity contribution in [2.75, 3.05) is 23.7 Å². The molecule has 0 aliphatic rings. The minimum atomic E-state index is 0.628. The van der Waals surface area contributed by atoms with Crippen LogP contribution < -0.4 is 10.6 Å². The third-order valence-electron chi connectivity index (χ3n) is 2.44. The molecule has 0 amide bonds. The summed E-state index contributed by atoms with van der Waals surface area (Å²) in [6.45, 7) is 5.50. The standard InChI is InChI=1S/C12H18N6O/c1-3-5-13-10-7-11(16-8-15-10)14-6-4-12-17-9(2)18-19-12/h7-8H,3-6H2,1-2H3,(H2,13,14,15,16). The van der Waals surface area contributed by atoms with Crippen molar-refractivity contribution in [3.05, 3.63) is 24.1 Å². The fourth-order valence-corrected chi connectivity index (χ4v) is 1.54. The molecular weight excluding hydrogens is 244 g/mol. The van der Waals surface area contributed by atoms with E-state index < -0.39 is 0 Å². The minimum absolute atomic E-state index is 0.628. The molecule has 2 N–H and O–H groups in total. The normalized spacial score (nSPS) is 10.4. The zero-order valence-corrected chi connectivity index (χ0v) is 11.2. The van der Waals surface area contributed by atoms with Crippen LogP contribution in [-0.4, -0.2) is 33.2 Å². The highest BCUT2D eigenvalue weighted by Gasteiger charge is 2.03. The van der Waals surface area contributed by atoms with Gasteiger partial charge in [-0.25, -0.2) is 9.97 Å². The van der Waals surface area contributed by atoms with Crippen LogP contribution in [0.25, 0.3) is 0 Å². The van der Waals surface area contributed by atoms with Gasteiger partial charge in [-0.3, -0.25) is 0 Å². The zero-order chi connectivity index (χ0) is 13.5. The second-order valence-corrected chi connectivity index (χ2v) is 4.13. The lowest BCUT2D eigenvalue weighted by Gasteiger charge is -2.06. The number of aromatic nitrogens is 4. The summed E-state index contributed by atoms with van der Waals surface area (Å²) in [6, 6.07) is 1.88. The summed E-state index contributed by atoms with van der Waals surface area (Å²) in [6.07, 6.45) is 3.27. The van der Waals surface area contributed by atoms with Gasteiger partial charge in [0, 0.05) is 25.6 Å². The Morgan fingerprint density at radius 3 is 2.53 bits per heavy atom. The molecule has 0 radical (unpaired) electrons. The molecule has 0 aliphatic heterocycles. The second kappa shape index (κ2) is 6.67. The Morgan fingerprint density at radius 1 is 1.16 bits per heavy atom. The van der Waals surface area contributed by atoms with Gasteiger partial charge in [0.05, 0.1) is 0 Å². The molecule has 7 heteroatoms. The van der Waals surface area contributed by atoms with Gasteiger partial charge in [0.2, 0.25) is 5.89 Å². The number of aryl methyl sites for hydroxylation is 1. The van der Waals surface area contributed by atoms with Gasteiger partial charge in [0.25, 0.3) is 0 Å². The van der Waals surface area contributed by atoms with E-state index in [2.05, 4.69) is 37.7 Å². The first-order valence-corrected chi connectivity index (χ1v) is 6.37. The summed E-state index contributed by atoms with van der Waals surface area (Å²) in [5.41, 5.74) is 0. The third-order valence-corrected chi connectivity index (χ3v) is 2.44. The topological polar surface area (TPSA) is 88.8 Å². The molecule has 0 aromatic carbocycles. The molecule has 2 aromatic heterocycles. The van der Waals surface area contributed by atoms with Crippen LogP contribution in [0.5, 0.6) is 0 Å². The molecule has 0 unspecified atom stereocenters. The van der Waals surface area contributed by atoms with Crippen LogP contribution in [0, 0.1) is 6.92 Å². The number of nitrogens with zero attached hydrogens (tertiary/aromatic N) is 4. The lowest BCUT2D eigenvalue weighted by atomic mass is 10.4. The highest BCUT2D eigenvalue weighted by Crippen LogP contribution is 2.08. The molecule has 2 heterocycles. The summed E-state index contributed by atoms with van der Waals surface area (Å²) >= 11 is 0. The van der Waals surface area contributed by atoms with E-state index >= 15 is 0 Å². The fraction of sp³-hybridized carbons (Fsp3) is 0.500. The van der Waals surface area contributed by atoms with E-state index in [0.717, 1.165) is 24.6 Å². The molecule has 0 saturated heterocycles. The monoisotopic (exact) mass is 262 g/mol. The molecule has 0 saturated carbocycles. The zero-order valence-electron chi connectivity index (χ0n) is 11.2. The molecule has 0 spiro atoms. The average molecular weight is 262 g/mol. The van der Waals surface area contributed by atoms with Crippen LogP contribution >= 0.6 is 0 Å². The van der Waals surface area contributed by atoms with E-state index in [1.165, 1.54) is 6.33 Å². The molecule has 0 fully saturated rings. The van der Waals surface area contributed by atoms with Crippen molar-refractivity contribution in [2.24, 2.45) is 0 Å². The fourth-order valence-electron chi connectivity index (χ4n) is 1.54. The summed E-state index contributed by atoms with van der Waals surface area (Å²) in [7, 11) is 0. The Morgan fingerprint density at radius 2 is 1.89 bits per heavy atom. The number of nitrogens with one attached hydrogen (secondary N) is 2. The lowest BCUT2D eigenvalue weighted by molar-refractivity contribution is 0.377. The van der Waals surface area contributed by atoms with Crippen molar-refractivity contribution in [1.82, 2.24) is 20.1 Å². The van der Waals surface area contributed by atoms with E-state index in [4.69, 9.17) is 4.52 Å². The highest BCUT2D eigenvalue weighted by molar-refractivity contribution is 5.46. The van der Waals surface area contributed by atoms with Gasteiger partial charge in [-0.2, -0.15) is 4.98 Å². The minimum Gasteiger partial charge on any atom is -0.370 e. The molecular formula is C12H18N6O. The largest absolute Gasteiger partial charge is 0.370 e. The lowest BCUT2D eigenvalue weighted by Crippen LogP contribution is -2.08. The predicted octanol–water partition coefficient (Wildman–Crippen LogP) is 1.64. The molecule has 2 aromatic rings. The number of hydrogen-bond donors (Lipinski definition) is 2. The Labute approximate surface area is 111 Å². The summed E-state index contributed by atoms with van der Waals surface area (Å²) in [5.74, 6) is 2.89. The Hall–Kier alpha value is -2.18. The van der Waals surface area contributed by atoms with Crippen molar-refractivity contribution >= 4 is 11.6 Å². The second-order valence-electron chi connectivity index (χ2n) is 4.13. The van der Waals surface area contributed by atoms with E-state index in [9.17, 15) is 0 Å². The predicted molar refractivity (Wildman–Crippen MR) is 72.0 cm³/mol. The van der Waals surface area contributed by atoms with Crippen LogP contribution in [-0.2, 0) is 6.42 Å². The molecule has 102 valence electrons. The van der Waals surface area contributed by atoms with Gasteiger partial charge in [-0.15, -0.1) is 0 Å². The molecule has 19 heavy (non-hydrogen) atoms. The van der Waals surface area contributed by atoms with Crippen molar-refractivity contribution in [2.45, 2.75) is 26.7 Å². The quantitative estimate of drug-likeness (QED) is 0.784. The van der Waals surface area contributed by atoms with Crippen molar-refractivity contribution in [1.29, 1.82) is 0 Å². The molecule has 0 atom stereocenters. The smallest absolute Gasteiger partial charge is 0.228 e. The van der Waals surface area contributed by atoms with E-state index in [1.54, 1.807) is 6.92 Å². The van der Waals surface area contributed by atoms with Gasteiger partial charge in [0.15, 0.2) is 5.82 Å². The summed E-state index contributed by atoms with van der Waals surface area (Å²) in [5, 5.41) is 10.2. The Bertz CT molecular complexity index is 512. The first-order chi connectivity index (χ1) is 9.28. The molecule has 0 bridgehead atoms. The van der Waals surface area contributed by atoms with Gasteiger partial charge >= 0.3 is 0 Å². The van der Waals surface area contributed by atoms with Crippen molar-refractivity contribution in [3.63, 3.8) is 0 Å². The van der Waals surface area contributed by atoms with E-state index in [0.29, 0.717) is 24.7 Å². The maximum absolute atomic E-state index is 5.03. The van der Waals surface area contributed by atoms with Crippen molar-refractivity contribution in [3.8, 4) is 0 Å². The number of rotatable bonds is 7. The first-order valence-electron chi connectivity index (χ1n) is 6.37. The highest BCUT2D eigenvalue weighted by atomic mass is 16.5. The Kier molecular flexibility index (Phi) is 4.66. The Balaban J connectivity index is 1.82. The molecule has 0 aliphatic carbocycles. The SMILES string of the molecule is CCCNc1cc(NCCc2nc(C)no2)ncn1. The average Bonchev–Trinajstić information content (AvgIpc) is 2.83. The van der Waals surface area contributed by atoms with Crippen LogP contribution in [0.1, 0.15) is 25.1 Å². The van der Waals surface area contributed by atoms with E-state index in [1.807, 2.05) is 6.07 Å². The molecule has 2 rings (SSSR count). The van der Waals surface area contributed by atoms with Gasteiger partial charge in [0.1, 0.15) is 18.0 Å². The maximum Gasteiger partial charge on any atom is 0.228 e. The third kappa shape index (κ3) is 4.20. The van der Waals surface area contributed by atoms with Crippen molar-refractivity contribution < 1.29 is 4.52 Å². The van der Waals surface area contributed by atoms with Crippen LogP contribution in [0.2, 0.25) is 0 Å². The van der Waals surface area contributed by atoms with E-state index in [-0.39, 0.29) is 0 Å². The van der Waals surface area contributed by atoms with Crippen LogP contribution in [0.4, 0.5) is 11.6 Å². The summed E-state index contributed by atoms with van der Waals surface area (Å²) in [4.78, 5) is 12.4. The van der Waals surface area contributed by atoms with Gasteiger partial charge in [-0.1, -0.05) is 12.1 Å². The van der Waals surface area contributed by atoms with Gasteiger partial charge < -0.3 is 15.2 Å².